The summed E-state index contributed by atoms with van der Waals surface area (Å²) in [6, 6.07) is 14.2. The molecular weight excluding hydrogens is 514 g/mol. The van der Waals surface area contributed by atoms with Gasteiger partial charge in [0.05, 0.1) is 22.6 Å². The molecule has 1 aliphatic carbocycles. The number of nitriles is 2. The molecule has 4 heterocycles. The van der Waals surface area contributed by atoms with E-state index in [1.165, 1.54) is 6.42 Å². The Morgan fingerprint density at radius 1 is 1.27 bits per heavy atom. The average Bonchev–Trinajstić information content (AvgIpc) is 3.57. The predicted molar refractivity (Wildman–Crippen MR) is 154 cm³/mol. The molecule has 6 rings (SSSR count). The summed E-state index contributed by atoms with van der Waals surface area (Å²) in [6.07, 6.45) is 7.84. The summed E-state index contributed by atoms with van der Waals surface area (Å²) in [5, 5.41) is 30.5. The molecular formula is C31H33N9O. The molecule has 41 heavy (non-hydrogen) atoms. The van der Waals surface area contributed by atoms with Crippen LogP contribution in [0.15, 0.2) is 42.9 Å². The maximum absolute atomic E-state index is 13.6. The third kappa shape index (κ3) is 4.96. The van der Waals surface area contributed by atoms with Gasteiger partial charge in [-0.25, -0.2) is 4.98 Å². The van der Waals surface area contributed by atoms with Gasteiger partial charge in [-0.15, -0.1) is 10.2 Å². The second kappa shape index (κ2) is 10.8. The number of fused-ring (bicyclic) bond motifs is 1. The number of carbonyl (C=O) groups is 1. The van der Waals surface area contributed by atoms with Crippen molar-refractivity contribution in [3.8, 4) is 12.1 Å². The summed E-state index contributed by atoms with van der Waals surface area (Å²) in [5.74, 6) is 1.45. The molecule has 1 saturated heterocycles. The average molecular weight is 548 g/mol. The molecule has 1 aromatic carbocycles. The van der Waals surface area contributed by atoms with E-state index in [4.69, 9.17) is 0 Å². The lowest BCUT2D eigenvalue weighted by Gasteiger charge is -2.46. The fraction of sp³-hybridized carbons (Fsp3) is 0.419. The minimum absolute atomic E-state index is 0.278. The number of pyridine rings is 1. The van der Waals surface area contributed by atoms with Crippen molar-refractivity contribution in [1.29, 1.82) is 10.5 Å². The number of amides is 1. The molecule has 0 radical (unpaired) electrons. The third-order valence-corrected chi connectivity index (χ3v) is 8.67. The Balaban J connectivity index is 1.30. The van der Waals surface area contributed by atoms with Crippen LogP contribution in [0.4, 0.5) is 5.69 Å². The molecule has 0 unspecified atom stereocenters. The Hall–Kier alpha value is -4.54. The second-order valence-electron chi connectivity index (χ2n) is 11.7. The van der Waals surface area contributed by atoms with Crippen molar-refractivity contribution in [3.63, 3.8) is 0 Å². The normalized spacial score (nSPS) is 22.5. The highest BCUT2D eigenvalue weighted by atomic mass is 16.1. The van der Waals surface area contributed by atoms with Crippen molar-refractivity contribution >= 4 is 22.6 Å². The molecule has 10 nitrogen and oxygen atoms in total. The lowest BCUT2D eigenvalue weighted by atomic mass is 9.57. The lowest BCUT2D eigenvalue weighted by molar-refractivity contribution is 0.102. The molecule has 2 fully saturated rings. The van der Waals surface area contributed by atoms with Crippen LogP contribution in [0.3, 0.4) is 0 Å². The number of rotatable bonds is 7. The number of anilines is 1. The predicted octanol–water partition coefficient (Wildman–Crippen LogP) is 4.66. The third-order valence-electron chi connectivity index (χ3n) is 8.67. The first-order valence-corrected chi connectivity index (χ1v) is 14.2. The number of likely N-dealkylation sites (tertiary alicyclic amines) is 1. The van der Waals surface area contributed by atoms with Gasteiger partial charge in [0.1, 0.15) is 29.4 Å². The number of hydrogen-bond acceptors (Lipinski definition) is 7. The number of nitrogens with zero attached hydrogens (tertiary/aromatic N) is 7. The number of H-pyrrole nitrogens is 1. The molecule has 1 aliphatic heterocycles. The van der Waals surface area contributed by atoms with Crippen LogP contribution in [0.1, 0.15) is 72.0 Å². The van der Waals surface area contributed by atoms with Crippen molar-refractivity contribution in [2.24, 2.45) is 18.9 Å². The number of carbonyl (C=O) groups excluding carboxylic acids is 1. The quantitative estimate of drug-likeness (QED) is 0.343. The minimum atomic E-state index is -0.365. The van der Waals surface area contributed by atoms with Gasteiger partial charge in [0, 0.05) is 38.4 Å². The Morgan fingerprint density at radius 2 is 2.12 bits per heavy atom. The van der Waals surface area contributed by atoms with Crippen LogP contribution in [-0.4, -0.2) is 48.6 Å². The Labute approximate surface area is 239 Å². The minimum Gasteiger partial charge on any atom is -0.358 e. The number of benzene rings is 1. The molecule has 1 saturated carbocycles. The van der Waals surface area contributed by atoms with Gasteiger partial charge in [-0.3, -0.25) is 9.69 Å². The van der Waals surface area contributed by atoms with Crippen LogP contribution in [0.5, 0.6) is 0 Å². The molecule has 2 aliphatic rings. The van der Waals surface area contributed by atoms with Crippen LogP contribution in [0.2, 0.25) is 0 Å². The van der Waals surface area contributed by atoms with E-state index in [9.17, 15) is 15.3 Å². The van der Waals surface area contributed by atoms with Crippen LogP contribution in [0.25, 0.3) is 11.0 Å². The van der Waals surface area contributed by atoms with Crippen molar-refractivity contribution in [2.75, 3.05) is 18.4 Å². The van der Waals surface area contributed by atoms with E-state index < -0.39 is 0 Å². The first kappa shape index (κ1) is 26.7. The maximum atomic E-state index is 13.6. The molecule has 1 amide bonds. The van der Waals surface area contributed by atoms with Gasteiger partial charge in [0.2, 0.25) is 0 Å². The van der Waals surface area contributed by atoms with Crippen molar-refractivity contribution < 1.29 is 4.79 Å². The molecule has 208 valence electrons. The zero-order valence-corrected chi connectivity index (χ0v) is 23.4. The van der Waals surface area contributed by atoms with Crippen molar-refractivity contribution in [2.45, 2.75) is 51.0 Å². The highest BCUT2D eigenvalue weighted by Crippen LogP contribution is 2.53. The Morgan fingerprint density at radius 3 is 2.85 bits per heavy atom. The summed E-state index contributed by atoms with van der Waals surface area (Å²) in [4.78, 5) is 23.8. The van der Waals surface area contributed by atoms with E-state index >= 15 is 0 Å². The largest absolute Gasteiger partial charge is 0.358 e. The fourth-order valence-electron chi connectivity index (χ4n) is 6.72. The summed E-state index contributed by atoms with van der Waals surface area (Å²) in [7, 11) is 1.93. The van der Waals surface area contributed by atoms with E-state index in [1.807, 2.05) is 41.9 Å². The Bertz CT molecular complexity index is 1680. The molecule has 1 atom stereocenters. The van der Waals surface area contributed by atoms with Crippen molar-refractivity contribution in [3.05, 3.63) is 71.1 Å². The summed E-state index contributed by atoms with van der Waals surface area (Å²) >= 11 is 0. The van der Waals surface area contributed by atoms with Crippen LogP contribution < -0.4 is 5.32 Å². The van der Waals surface area contributed by atoms with Crippen molar-refractivity contribution in [1.82, 2.24) is 29.6 Å². The van der Waals surface area contributed by atoms with Crippen LogP contribution in [-0.2, 0) is 19.0 Å². The molecule has 4 aromatic rings. The highest BCUT2D eigenvalue weighted by Gasteiger charge is 2.49. The van der Waals surface area contributed by atoms with Gasteiger partial charge in [0.15, 0.2) is 0 Å². The highest BCUT2D eigenvalue weighted by molar-refractivity contribution is 6.04. The number of aryl methyl sites for hydroxylation is 1. The van der Waals surface area contributed by atoms with E-state index in [0.29, 0.717) is 41.6 Å². The van der Waals surface area contributed by atoms with Gasteiger partial charge in [-0.05, 0) is 73.4 Å². The summed E-state index contributed by atoms with van der Waals surface area (Å²) < 4.78 is 1.93. The monoisotopic (exact) mass is 547 g/mol. The van der Waals surface area contributed by atoms with Gasteiger partial charge in [-0.1, -0.05) is 19.1 Å². The van der Waals surface area contributed by atoms with Gasteiger partial charge in [-0.2, -0.15) is 10.5 Å². The van der Waals surface area contributed by atoms with E-state index in [-0.39, 0.29) is 17.0 Å². The van der Waals surface area contributed by atoms with E-state index in [0.717, 1.165) is 54.8 Å². The number of hydrogen-bond donors (Lipinski definition) is 2. The number of aromatic nitrogens is 5. The topological polar surface area (TPSA) is 139 Å². The molecule has 0 spiro atoms. The molecule has 2 N–H and O–H groups in total. The number of aromatic amines is 1. The summed E-state index contributed by atoms with van der Waals surface area (Å²) in [5.41, 5.74) is 4.31. The SMILES string of the molecule is C[C@H]1CCCN(Cc2cc(C(=O)Nc3cccc(C4(c5nncn5C)CC(CC#N)C4)c3)nc3c(C#N)c[nH]c23)C1. The van der Waals surface area contributed by atoms with E-state index in [2.05, 4.69) is 49.4 Å². The second-order valence-corrected chi connectivity index (χ2v) is 11.7. The van der Waals surface area contributed by atoms with Gasteiger partial charge in [0.25, 0.3) is 5.91 Å². The lowest BCUT2D eigenvalue weighted by Crippen LogP contribution is -2.44. The number of piperidine rings is 1. The standard InChI is InChI=1S/C31H33N9O/c1-20-5-4-10-40(17-20)18-22-11-26(37-28-23(15-33)16-34-27(22)28)29(41)36-25-7-3-6-24(12-25)31(13-21(14-31)8-9-32)30-38-35-19-39(30)2/h3,6-7,11-12,16,19-21,34H,4-5,8,10,13-14,17-18H2,1-2H3,(H,36,41)/t20-,21?,31?/m0/s1. The zero-order valence-electron chi connectivity index (χ0n) is 23.4. The Kier molecular flexibility index (Phi) is 7.02. The molecule has 0 bridgehead atoms. The number of nitrogens with one attached hydrogen (secondary N) is 2. The van der Waals surface area contributed by atoms with Gasteiger partial charge >= 0.3 is 0 Å². The maximum Gasteiger partial charge on any atom is 0.274 e. The molecule has 10 heteroatoms. The van der Waals surface area contributed by atoms with E-state index in [1.54, 1.807) is 12.5 Å². The summed E-state index contributed by atoms with van der Waals surface area (Å²) in [6.45, 7) is 4.98. The first-order chi connectivity index (χ1) is 19.9. The smallest absolute Gasteiger partial charge is 0.274 e. The first-order valence-electron chi connectivity index (χ1n) is 14.2. The molecule has 3 aromatic heterocycles. The fourth-order valence-corrected chi connectivity index (χ4v) is 6.72. The zero-order chi connectivity index (χ0) is 28.6. The van der Waals surface area contributed by atoms with Crippen LogP contribution in [0, 0.1) is 34.5 Å². The van der Waals surface area contributed by atoms with Crippen LogP contribution >= 0.6 is 0 Å². The van der Waals surface area contributed by atoms with Gasteiger partial charge < -0.3 is 14.9 Å².